The number of rotatable bonds is 5. The summed E-state index contributed by atoms with van der Waals surface area (Å²) in [5.41, 5.74) is 0.403. The molecule has 1 N–H and O–H groups in total. The summed E-state index contributed by atoms with van der Waals surface area (Å²) in [6.45, 7) is 2.78. The van der Waals surface area contributed by atoms with Gasteiger partial charge in [0.2, 0.25) is 0 Å². The normalized spacial score (nSPS) is 12.9. The number of amides is 1. The quantitative estimate of drug-likeness (QED) is 0.632. The van der Waals surface area contributed by atoms with E-state index in [4.69, 9.17) is 0 Å². The van der Waals surface area contributed by atoms with Crippen molar-refractivity contribution in [2.24, 2.45) is 10.2 Å². The molecule has 0 saturated heterocycles. The molecule has 1 aromatic carbocycles. The van der Waals surface area contributed by atoms with Gasteiger partial charge in [-0.2, -0.15) is 5.11 Å². The SMILES string of the molecule is CCNC(N=NC(=O)c1ccccc1)SC. The Morgan fingerprint density at radius 2 is 2.12 bits per heavy atom. The number of hydrogen-bond donors (Lipinski definition) is 1. The van der Waals surface area contributed by atoms with Crippen LogP contribution in [0.3, 0.4) is 0 Å². The van der Waals surface area contributed by atoms with Crippen molar-refractivity contribution in [2.45, 2.75) is 12.4 Å². The van der Waals surface area contributed by atoms with Gasteiger partial charge in [0.15, 0.2) is 5.50 Å². The molecule has 0 saturated carbocycles. The van der Waals surface area contributed by atoms with Crippen LogP contribution in [0.15, 0.2) is 40.6 Å². The Balaban J connectivity index is 2.60. The Morgan fingerprint density at radius 3 is 2.69 bits per heavy atom. The molecule has 0 aliphatic heterocycles. The van der Waals surface area contributed by atoms with E-state index >= 15 is 0 Å². The summed E-state index contributed by atoms with van der Waals surface area (Å²) in [6.07, 6.45) is 1.92. The second kappa shape index (κ2) is 7.14. The summed E-state index contributed by atoms with van der Waals surface area (Å²) >= 11 is 1.51. The van der Waals surface area contributed by atoms with E-state index in [9.17, 15) is 4.79 Å². The summed E-state index contributed by atoms with van der Waals surface area (Å²) in [6, 6.07) is 8.92. The van der Waals surface area contributed by atoms with E-state index in [1.54, 1.807) is 24.3 Å². The zero-order valence-corrected chi connectivity index (χ0v) is 10.2. The first-order valence-electron chi connectivity index (χ1n) is 5.04. The summed E-state index contributed by atoms with van der Waals surface area (Å²) in [7, 11) is 0. The van der Waals surface area contributed by atoms with Gasteiger partial charge in [-0.1, -0.05) is 25.1 Å². The predicted molar refractivity (Wildman–Crippen MR) is 66.6 cm³/mol. The fourth-order valence-electron chi connectivity index (χ4n) is 1.09. The molecule has 0 aromatic heterocycles. The van der Waals surface area contributed by atoms with E-state index in [2.05, 4.69) is 15.5 Å². The molecular weight excluding hydrogens is 222 g/mol. The van der Waals surface area contributed by atoms with Crippen molar-refractivity contribution in [1.29, 1.82) is 0 Å². The van der Waals surface area contributed by atoms with E-state index < -0.39 is 0 Å². The third-order valence-corrected chi connectivity index (χ3v) is 2.58. The Morgan fingerprint density at radius 1 is 1.44 bits per heavy atom. The maximum Gasteiger partial charge on any atom is 0.295 e. The van der Waals surface area contributed by atoms with Crippen LogP contribution in [-0.2, 0) is 0 Å². The molecule has 0 bridgehead atoms. The van der Waals surface area contributed by atoms with Gasteiger partial charge in [0.1, 0.15) is 0 Å². The molecule has 1 amide bonds. The highest BCUT2D eigenvalue weighted by molar-refractivity contribution is 7.99. The molecule has 1 rings (SSSR count). The molecule has 0 radical (unpaired) electrons. The van der Waals surface area contributed by atoms with E-state index in [-0.39, 0.29) is 11.4 Å². The van der Waals surface area contributed by atoms with Crippen molar-refractivity contribution in [3.8, 4) is 0 Å². The van der Waals surface area contributed by atoms with E-state index in [0.717, 1.165) is 6.54 Å². The van der Waals surface area contributed by atoms with Crippen molar-refractivity contribution in [1.82, 2.24) is 5.32 Å². The average molecular weight is 237 g/mol. The van der Waals surface area contributed by atoms with Crippen LogP contribution < -0.4 is 5.32 Å². The number of carbonyl (C=O) groups excluding carboxylic acids is 1. The molecule has 0 spiro atoms. The molecule has 5 heteroatoms. The van der Waals surface area contributed by atoms with Crippen LogP contribution in [0.2, 0.25) is 0 Å². The molecule has 4 nitrogen and oxygen atoms in total. The van der Waals surface area contributed by atoms with Crippen LogP contribution in [0.5, 0.6) is 0 Å². The average Bonchev–Trinajstić information content (AvgIpc) is 2.35. The second-order valence-corrected chi connectivity index (χ2v) is 3.95. The highest BCUT2D eigenvalue weighted by Gasteiger charge is 2.05. The van der Waals surface area contributed by atoms with Crippen molar-refractivity contribution in [2.75, 3.05) is 12.8 Å². The molecule has 0 fully saturated rings. The summed E-state index contributed by atoms with van der Waals surface area (Å²) in [5.74, 6) is -0.308. The molecule has 0 aliphatic rings. The van der Waals surface area contributed by atoms with Crippen LogP contribution in [0.1, 0.15) is 17.3 Å². The largest absolute Gasteiger partial charge is 0.295 e. The van der Waals surface area contributed by atoms with Gasteiger partial charge in [-0.15, -0.1) is 16.9 Å². The van der Waals surface area contributed by atoms with Gasteiger partial charge in [-0.05, 0) is 24.9 Å². The smallest absolute Gasteiger partial charge is 0.286 e. The first-order valence-corrected chi connectivity index (χ1v) is 6.33. The standard InChI is InChI=1S/C11H15N3OS/c1-3-12-11(16-2)14-13-10(15)9-7-5-4-6-8-9/h4-8,11-12H,3H2,1-2H3. The minimum Gasteiger partial charge on any atom is -0.286 e. The third kappa shape index (κ3) is 4.12. The topological polar surface area (TPSA) is 53.8 Å². The predicted octanol–water partition coefficient (Wildman–Crippen LogP) is 2.54. The first-order chi connectivity index (χ1) is 7.77. The zero-order chi connectivity index (χ0) is 11.8. The maximum absolute atomic E-state index is 11.6. The third-order valence-electron chi connectivity index (χ3n) is 1.88. The number of nitrogens with zero attached hydrogens (tertiary/aromatic N) is 2. The number of thioether (sulfide) groups is 1. The van der Waals surface area contributed by atoms with Crippen LogP contribution in [0, 0.1) is 0 Å². The molecule has 1 aromatic rings. The lowest BCUT2D eigenvalue weighted by molar-refractivity contribution is 0.0993. The monoisotopic (exact) mass is 237 g/mol. The van der Waals surface area contributed by atoms with Crippen LogP contribution in [-0.4, -0.2) is 24.2 Å². The number of benzene rings is 1. The molecule has 0 heterocycles. The minimum atomic E-state index is -0.308. The first kappa shape index (κ1) is 12.9. The molecule has 16 heavy (non-hydrogen) atoms. The van der Waals surface area contributed by atoms with Gasteiger partial charge in [0.25, 0.3) is 5.91 Å². The fraction of sp³-hybridized carbons (Fsp3) is 0.364. The van der Waals surface area contributed by atoms with Crippen LogP contribution in [0.25, 0.3) is 0 Å². The van der Waals surface area contributed by atoms with Crippen molar-refractivity contribution >= 4 is 17.7 Å². The van der Waals surface area contributed by atoms with E-state index in [1.807, 2.05) is 19.2 Å². The molecule has 86 valence electrons. The number of nitrogens with one attached hydrogen (secondary N) is 1. The van der Waals surface area contributed by atoms with E-state index in [0.29, 0.717) is 5.56 Å². The van der Waals surface area contributed by atoms with Crippen molar-refractivity contribution in [3.63, 3.8) is 0 Å². The number of azo groups is 1. The van der Waals surface area contributed by atoms with Gasteiger partial charge < -0.3 is 0 Å². The van der Waals surface area contributed by atoms with Crippen molar-refractivity contribution in [3.05, 3.63) is 35.9 Å². The van der Waals surface area contributed by atoms with Gasteiger partial charge >= 0.3 is 0 Å². The Hall–Kier alpha value is -1.20. The fourth-order valence-corrected chi connectivity index (χ4v) is 1.56. The van der Waals surface area contributed by atoms with Gasteiger partial charge in [0.05, 0.1) is 0 Å². The zero-order valence-electron chi connectivity index (χ0n) is 9.38. The minimum absolute atomic E-state index is 0.155. The van der Waals surface area contributed by atoms with Gasteiger partial charge in [-0.25, -0.2) is 0 Å². The Bertz CT molecular complexity index is 354. The number of hydrogen-bond acceptors (Lipinski definition) is 4. The molecule has 1 atom stereocenters. The summed E-state index contributed by atoms with van der Waals surface area (Å²) in [4.78, 5) is 11.6. The van der Waals surface area contributed by atoms with Crippen LogP contribution >= 0.6 is 11.8 Å². The Kier molecular flexibility index (Phi) is 5.74. The van der Waals surface area contributed by atoms with Crippen molar-refractivity contribution < 1.29 is 4.79 Å². The van der Waals surface area contributed by atoms with Crippen LogP contribution in [0.4, 0.5) is 0 Å². The maximum atomic E-state index is 11.6. The number of carbonyl (C=O) groups is 1. The highest BCUT2D eigenvalue weighted by atomic mass is 32.2. The lowest BCUT2D eigenvalue weighted by atomic mass is 10.2. The molecule has 1 unspecified atom stereocenters. The summed E-state index contributed by atoms with van der Waals surface area (Å²) in [5, 5.41) is 10.7. The van der Waals surface area contributed by atoms with Gasteiger partial charge in [0, 0.05) is 5.56 Å². The lowest BCUT2D eigenvalue weighted by Crippen LogP contribution is -2.23. The highest BCUT2D eigenvalue weighted by Crippen LogP contribution is 2.07. The Labute approximate surface area is 99.5 Å². The summed E-state index contributed by atoms with van der Waals surface area (Å²) < 4.78 is 0. The molecular formula is C11H15N3OS. The van der Waals surface area contributed by atoms with E-state index in [1.165, 1.54) is 11.8 Å². The second-order valence-electron chi connectivity index (χ2n) is 3.03. The molecule has 0 aliphatic carbocycles. The van der Waals surface area contributed by atoms with Gasteiger partial charge in [-0.3, -0.25) is 10.1 Å². The lowest BCUT2D eigenvalue weighted by Gasteiger charge is -2.07.